The van der Waals surface area contributed by atoms with E-state index in [4.69, 9.17) is 10.5 Å². The molecule has 37 heavy (non-hydrogen) atoms. The molecule has 1 aromatic rings. The lowest BCUT2D eigenvalue weighted by molar-refractivity contribution is -0.156. The minimum absolute atomic E-state index is 0.0654. The maximum absolute atomic E-state index is 13.6. The van der Waals surface area contributed by atoms with Crippen LogP contribution in [0.2, 0.25) is 0 Å². The van der Waals surface area contributed by atoms with Crippen molar-refractivity contribution in [2.75, 3.05) is 6.54 Å². The highest BCUT2D eigenvalue weighted by Gasteiger charge is 2.35. The number of nitrogens with one attached hydrogen (secondary N) is 2. The molecule has 1 heterocycles. The normalized spacial score (nSPS) is 18.9. The lowest BCUT2D eigenvalue weighted by Crippen LogP contribution is -2.61. The summed E-state index contributed by atoms with van der Waals surface area (Å²) in [4.78, 5) is 39.3. The van der Waals surface area contributed by atoms with Gasteiger partial charge in [0.05, 0.1) is 6.04 Å². The zero-order valence-corrected chi connectivity index (χ0v) is 25.6. The van der Waals surface area contributed by atoms with E-state index < -0.39 is 42.0 Å². The first-order valence-corrected chi connectivity index (χ1v) is 14.7. The van der Waals surface area contributed by atoms with Crippen molar-refractivity contribution in [1.82, 2.24) is 15.8 Å². The van der Waals surface area contributed by atoms with E-state index in [9.17, 15) is 19.5 Å². The second-order valence-electron chi connectivity index (χ2n) is 9.39. The van der Waals surface area contributed by atoms with Gasteiger partial charge in [0.1, 0.15) is 23.9 Å². The standard InChI is InChI=1S/C26H36I2N4O5/c1-16(2)23(29)24(34)30-21(14-18-7-4-8-19(33)13-18)25(35)32-12-6-9-20(31-32)26(36)37-22(10-5-11-27)17(3)15-28/h4-5,7-8,11,13,15-16,20-23,31,33H,6,9-10,12,14,29H2,1-3H3,(H,30,34)/b11-5-,17-15-/t20-,21-,22-,23-/m0/s1. The third kappa shape index (κ3) is 9.84. The van der Waals surface area contributed by atoms with Crippen LogP contribution in [0.5, 0.6) is 5.75 Å². The summed E-state index contributed by atoms with van der Waals surface area (Å²) >= 11 is 4.25. The number of phenolic OH excluding ortho intramolecular Hbond substituents is 1. The number of phenols is 1. The van der Waals surface area contributed by atoms with Gasteiger partial charge in [-0.25, -0.2) is 5.43 Å². The number of hydrogen-bond acceptors (Lipinski definition) is 7. The van der Waals surface area contributed by atoms with E-state index >= 15 is 0 Å². The van der Waals surface area contributed by atoms with Crippen LogP contribution in [0.15, 0.2) is 44.1 Å². The number of hydrazine groups is 1. The molecule has 0 spiro atoms. The summed E-state index contributed by atoms with van der Waals surface area (Å²) in [6.45, 7) is 5.94. The average Bonchev–Trinajstić information content (AvgIpc) is 2.89. The van der Waals surface area contributed by atoms with Gasteiger partial charge < -0.3 is 20.9 Å². The van der Waals surface area contributed by atoms with Crippen LogP contribution in [0.25, 0.3) is 0 Å². The molecule has 0 radical (unpaired) electrons. The lowest BCUT2D eigenvalue weighted by Gasteiger charge is -2.36. The Balaban J connectivity index is 2.18. The Morgan fingerprint density at radius 2 is 2.05 bits per heavy atom. The van der Waals surface area contributed by atoms with Gasteiger partial charge in [-0.3, -0.25) is 19.4 Å². The molecule has 2 amide bonds. The fourth-order valence-electron chi connectivity index (χ4n) is 3.79. The van der Waals surface area contributed by atoms with Crippen LogP contribution in [0.1, 0.15) is 45.6 Å². The van der Waals surface area contributed by atoms with Crippen molar-refractivity contribution in [3.05, 3.63) is 49.6 Å². The number of carbonyl (C=O) groups is 3. The molecule has 0 aromatic heterocycles. The fourth-order valence-corrected chi connectivity index (χ4v) is 4.48. The molecule has 1 aliphatic heterocycles. The summed E-state index contributed by atoms with van der Waals surface area (Å²) in [6.07, 6.45) is 3.37. The number of nitrogens with zero attached hydrogens (tertiary/aromatic N) is 1. The van der Waals surface area contributed by atoms with E-state index in [1.807, 2.05) is 35.0 Å². The molecular formula is C26H36I2N4O5. The van der Waals surface area contributed by atoms with Crippen molar-refractivity contribution in [3.8, 4) is 5.75 Å². The molecule has 1 fully saturated rings. The van der Waals surface area contributed by atoms with Crippen LogP contribution in [0.3, 0.4) is 0 Å². The van der Waals surface area contributed by atoms with Gasteiger partial charge in [0.2, 0.25) is 5.91 Å². The van der Waals surface area contributed by atoms with Gasteiger partial charge in [0.15, 0.2) is 0 Å². The molecule has 2 rings (SSSR count). The molecule has 1 aliphatic rings. The highest BCUT2D eigenvalue weighted by Crippen LogP contribution is 2.19. The second kappa shape index (κ2) is 15.6. The molecule has 204 valence electrons. The number of hydrogen-bond donors (Lipinski definition) is 4. The summed E-state index contributed by atoms with van der Waals surface area (Å²) in [7, 11) is 0. The van der Waals surface area contributed by atoms with Crippen molar-refractivity contribution in [3.63, 3.8) is 0 Å². The van der Waals surface area contributed by atoms with E-state index in [0.29, 0.717) is 31.4 Å². The van der Waals surface area contributed by atoms with Crippen LogP contribution in [0, 0.1) is 5.92 Å². The Bertz CT molecular complexity index is 1000. The van der Waals surface area contributed by atoms with Gasteiger partial charge in [0.25, 0.3) is 5.91 Å². The van der Waals surface area contributed by atoms with Crippen LogP contribution in [0.4, 0.5) is 0 Å². The monoisotopic (exact) mass is 738 g/mol. The highest BCUT2D eigenvalue weighted by molar-refractivity contribution is 14.1. The summed E-state index contributed by atoms with van der Waals surface area (Å²) in [6, 6.07) is 4.12. The maximum Gasteiger partial charge on any atom is 0.325 e. The number of amides is 2. The largest absolute Gasteiger partial charge is 0.508 e. The van der Waals surface area contributed by atoms with E-state index in [1.165, 1.54) is 11.1 Å². The number of halogens is 2. The van der Waals surface area contributed by atoms with Gasteiger partial charge in [-0.15, -0.1) is 0 Å². The molecule has 0 unspecified atom stereocenters. The van der Waals surface area contributed by atoms with Crippen molar-refractivity contribution in [1.29, 1.82) is 0 Å². The number of ether oxygens (including phenoxy) is 1. The molecule has 1 aromatic carbocycles. The van der Waals surface area contributed by atoms with E-state index in [-0.39, 0.29) is 18.1 Å². The van der Waals surface area contributed by atoms with Crippen molar-refractivity contribution >= 4 is 63.0 Å². The van der Waals surface area contributed by atoms with Crippen LogP contribution >= 0.6 is 45.2 Å². The molecule has 0 bridgehead atoms. The van der Waals surface area contributed by atoms with E-state index in [1.54, 1.807) is 18.2 Å². The van der Waals surface area contributed by atoms with Crippen molar-refractivity contribution in [2.24, 2.45) is 11.7 Å². The molecule has 0 saturated carbocycles. The number of nitrogens with two attached hydrogens (primary N) is 1. The summed E-state index contributed by atoms with van der Waals surface area (Å²) in [5, 5.41) is 14.0. The SMILES string of the molecule is C/C(=C/I)[C@H](C/C=C\I)OC(=O)[C@@H]1CCCN(C(=O)[C@H](Cc2cccc(O)c2)NC(=O)[C@@H](N)C(C)C)N1. The summed E-state index contributed by atoms with van der Waals surface area (Å²) in [5.41, 5.74) is 10.6. The summed E-state index contributed by atoms with van der Waals surface area (Å²) < 4.78 is 9.55. The number of rotatable bonds is 11. The summed E-state index contributed by atoms with van der Waals surface area (Å²) in [5.74, 6) is -1.31. The quantitative estimate of drug-likeness (QED) is 0.202. The Kier molecular flexibility index (Phi) is 13.3. The fraction of sp³-hybridized carbons (Fsp3) is 0.500. The van der Waals surface area contributed by atoms with Crippen molar-refractivity contribution < 1.29 is 24.2 Å². The molecule has 4 atom stereocenters. The van der Waals surface area contributed by atoms with Gasteiger partial charge in [-0.2, -0.15) is 0 Å². The number of esters is 1. The minimum Gasteiger partial charge on any atom is -0.508 e. The second-order valence-corrected chi connectivity index (χ2v) is 10.7. The Morgan fingerprint density at radius 1 is 1.32 bits per heavy atom. The number of carbonyl (C=O) groups excluding carboxylic acids is 3. The Labute approximate surface area is 245 Å². The predicted molar refractivity (Wildman–Crippen MR) is 160 cm³/mol. The number of aromatic hydroxyl groups is 1. The molecule has 11 heteroatoms. The zero-order valence-electron chi connectivity index (χ0n) is 21.3. The maximum atomic E-state index is 13.6. The van der Waals surface area contributed by atoms with Gasteiger partial charge in [-0.05, 0) is 57.1 Å². The van der Waals surface area contributed by atoms with E-state index in [2.05, 4.69) is 55.9 Å². The molecule has 0 aliphatic carbocycles. The van der Waals surface area contributed by atoms with Crippen LogP contribution in [-0.4, -0.2) is 58.7 Å². The van der Waals surface area contributed by atoms with Crippen LogP contribution in [-0.2, 0) is 25.5 Å². The van der Waals surface area contributed by atoms with Crippen molar-refractivity contribution in [2.45, 2.75) is 70.7 Å². The van der Waals surface area contributed by atoms with Gasteiger partial charge in [-0.1, -0.05) is 77.2 Å². The molecule has 5 N–H and O–H groups in total. The molecular weight excluding hydrogens is 702 g/mol. The third-order valence-electron chi connectivity index (χ3n) is 6.10. The smallest absolute Gasteiger partial charge is 0.325 e. The third-order valence-corrected chi connectivity index (χ3v) is 7.59. The first kappa shape index (κ1) is 31.5. The topological polar surface area (TPSA) is 134 Å². The van der Waals surface area contributed by atoms with E-state index in [0.717, 1.165) is 5.57 Å². The zero-order chi connectivity index (χ0) is 27.5. The molecule has 1 saturated heterocycles. The number of benzene rings is 1. The predicted octanol–water partition coefficient (Wildman–Crippen LogP) is 3.49. The Hall–Kier alpha value is -1.71. The average molecular weight is 738 g/mol. The Morgan fingerprint density at radius 3 is 2.68 bits per heavy atom. The highest BCUT2D eigenvalue weighted by atomic mass is 127. The first-order valence-electron chi connectivity index (χ1n) is 12.2. The lowest BCUT2D eigenvalue weighted by atomic mass is 10.0. The minimum atomic E-state index is -0.938. The van der Waals surface area contributed by atoms with Gasteiger partial charge in [0, 0.05) is 19.4 Å². The van der Waals surface area contributed by atoms with Gasteiger partial charge >= 0.3 is 5.97 Å². The van der Waals surface area contributed by atoms with Crippen LogP contribution < -0.4 is 16.5 Å². The first-order chi connectivity index (χ1) is 17.6. The molecule has 9 nitrogen and oxygen atoms in total.